The van der Waals surface area contributed by atoms with Crippen LogP contribution in [0.4, 0.5) is 5.69 Å². The first kappa shape index (κ1) is 16.1. The molecule has 2 aromatic rings. The van der Waals surface area contributed by atoms with Crippen LogP contribution in [0.1, 0.15) is 55.5 Å². The molecule has 4 aliphatic carbocycles. The van der Waals surface area contributed by atoms with Gasteiger partial charge in [-0.1, -0.05) is 5.16 Å². The molecule has 0 radical (unpaired) electrons. The van der Waals surface area contributed by atoms with Crippen LogP contribution >= 0.6 is 0 Å². The highest BCUT2D eigenvalue weighted by Gasteiger charge is 2.57. The molecule has 6 nitrogen and oxygen atoms in total. The molecule has 4 saturated carbocycles. The minimum atomic E-state index is 0.148. The van der Waals surface area contributed by atoms with Gasteiger partial charge in [-0.15, -0.1) is 0 Å². The number of anilines is 1. The number of nitrogens with one attached hydrogen (secondary N) is 1. The third-order valence-corrected chi connectivity index (χ3v) is 7.09. The number of hydrogen-bond donors (Lipinski definition) is 1. The minimum absolute atomic E-state index is 0.148. The summed E-state index contributed by atoms with van der Waals surface area (Å²) in [5.74, 6) is 3.53. The van der Waals surface area contributed by atoms with Crippen LogP contribution in [0, 0.1) is 37.0 Å². The molecule has 26 heavy (non-hydrogen) atoms. The molecule has 0 spiro atoms. The van der Waals surface area contributed by atoms with Crippen molar-refractivity contribution in [1.29, 1.82) is 0 Å². The van der Waals surface area contributed by atoms with E-state index in [0.29, 0.717) is 18.4 Å². The van der Waals surface area contributed by atoms with Crippen LogP contribution in [0.2, 0.25) is 0 Å². The molecule has 0 saturated heterocycles. The van der Waals surface area contributed by atoms with Crippen LogP contribution in [-0.2, 0) is 11.3 Å². The number of carbonyl (C=O) groups is 1. The molecule has 2 atom stereocenters. The summed E-state index contributed by atoms with van der Waals surface area (Å²) in [6.45, 7) is 4.44. The largest absolute Gasteiger partial charge is 0.361 e. The van der Waals surface area contributed by atoms with Crippen LogP contribution < -0.4 is 5.32 Å². The number of amides is 1. The van der Waals surface area contributed by atoms with Gasteiger partial charge < -0.3 is 9.84 Å². The molecule has 4 aliphatic rings. The van der Waals surface area contributed by atoms with Crippen molar-refractivity contribution in [3.05, 3.63) is 29.4 Å². The van der Waals surface area contributed by atoms with E-state index < -0.39 is 0 Å². The maximum absolute atomic E-state index is 12.7. The Morgan fingerprint density at radius 1 is 1.31 bits per heavy atom. The van der Waals surface area contributed by atoms with Gasteiger partial charge in [0.05, 0.1) is 24.1 Å². The summed E-state index contributed by atoms with van der Waals surface area (Å²) in [6, 6.07) is 0. The second-order valence-corrected chi connectivity index (χ2v) is 8.86. The zero-order valence-electron chi connectivity index (χ0n) is 15.5. The molecule has 2 heterocycles. The van der Waals surface area contributed by atoms with Gasteiger partial charge in [-0.2, -0.15) is 5.10 Å². The highest BCUT2D eigenvalue weighted by atomic mass is 16.5. The van der Waals surface area contributed by atoms with Crippen LogP contribution in [0.5, 0.6) is 0 Å². The van der Waals surface area contributed by atoms with Crippen LogP contribution in [-0.4, -0.2) is 20.8 Å². The van der Waals surface area contributed by atoms with Gasteiger partial charge in [-0.05, 0) is 69.1 Å². The molecule has 1 N–H and O–H groups in total. The molecule has 4 fully saturated rings. The van der Waals surface area contributed by atoms with Gasteiger partial charge in [-0.3, -0.25) is 9.48 Å². The maximum atomic E-state index is 12.7. The van der Waals surface area contributed by atoms with Crippen molar-refractivity contribution in [3.63, 3.8) is 0 Å². The molecule has 1 amide bonds. The van der Waals surface area contributed by atoms with Crippen LogP contribution in [0.15, 0.2) is 16.9 Å². The van der Waals surface area contributed by atoms with Crippen molar-refractivity contribution in [2.24, 2.45) is 23.2 Å². The molecule has 138 valence electrons. The molecule has 2 aromatic heterocycles. The van der Waals surface area contributed by atoms with E-state index in [2.05, 4.69) is 15.6 Å². The smallest absolute Gasteiger partial charge is 0.225 e. The highest BCUT2D eigenvalue weighted by molar-refractivity contribution is 5.91. The van der Waals surface area contributed by atoms with Crippen molar-refractivity contribution in [2.45, 2.75) is 58.9 Å². The first-order valence-corrected chi connectivity index (χ1v) is 9.75. The number of aryl methyl sites for hydroxylation is 2. The maximum Gasteiger partial charge on any atom is 0.225 e. The Morgan fingerprint density at radius 3 is 2.77 bits per heavy atom. The van der Waals surface area contributed by atoms with Gasteiger partial charge in [0.25, 0.3) is 0 Å². The fourth-order valence-corrected chi connectivity index (χ4v) is 6.18. The SMILES string of the molecule is Cc1noc(C)c1Cn1cc(NC(=O)CC23CC4CC(CC2C4)C3)cn1. The number of aromatic nitrogens is 3. The van der Waals surface area contributed by atoms with Crippen molar-refractivity contribution in [2.75, 3.05) is 5.32 Å². The molecule has 0 aliphatic heterocycles. The van der Waals surface area contributed by atoms with E-state index in [4.69, 9.17) is 4.52 Å². The van der Waals surface area contributed by atoms with E-state index in [9.17, 15) is 4.79 Å². The van der Waals surface area contributed by atoms with E-state index in [1.165, 1.54) is 32.1 Å². The normalized spacial score (nSPS) is 31.7. The predicted molar refractivity (Wildman–Crippen MR) is 96.5 cm³/mol. The standard InChI is InChI=1S/C20H26N4O2/c1-12-18(13(2)26-23-12)11-24-10-17(9-21-24)22-19(25)8-20-6-14-3-15(7-20)5-16(20)4-14/h9-10,14-16H,3-8,11H2,1-2H3,(H,22,25). The van der Waals surface area contributed by atoms with E-state index >= 15 is 0 Å². The molecule has 2 unspecified atom stereocenters. The quantitative estimate of drug-likeness (QED) is 0.889. The minimum Gasteiger partial charge on any atom is -0.361 e. The molecule has 6 heteroatoms. The average molecular weight is 354 g/mol. The van der Waals surface area contributed by atoms with Crippen LogP contribution in [0.25, 0.3) is 0 Å². The lowest BCUT2D eigenvalue weighted by molar-refractivity contribution is -0.119. The number of rotatable bonds is 5. The average Bonchev–Trinajstić information content (AvgIpc) is 3.26. The third-order valence-electron chi connectivity index (χ3n) is 7.09. The molecule has 4 bridgehead atoms. The lowest BCUT2D eigenvalue weighted by Crippen LogP contribution is -2.28. The fourth-order valence-electron chi connectivity index (χ4n) is 6.18. The summed E-state index contributed by atoms with van der Waals surface area (Å²) < 4.78 is 7.03. The van der Waals surface area contributed by atoms with Gasteiger partial charge in [0.1, 0.15) is 5.76 Å². The highest BCUT2D eigenvalue weighted by Crippen LogP contribution is 2.66. The second kappa shape index (κ2) is 5.69. The Bertz CT molecular complexity index is 818. The Kier molecular flexibility index (Phi) is 3.52. The van der Waals surface area contributed by atoms with E-state index in [1.54, 1.807) is 6.20 Å². The lowest BCUT2D eigenvalue weighted by Gasteiger charge is -2.32. The monoisotopic (exact) mass is 354 g/mol. The molecular formula is C20H26N4O2. The lowest BCUT2D eigenvalue weighted by atomic mass is 9.73. The van der Waals surface area contributed by atoms with Gasteiger partial charge in [0.15, 0.2) is 0 Å². The summed E-state index contributed by atoms with van der Waals surface area (Å²) in [5, 5.41) is 11.4. The second-order valence-electron chi connectivity index (χ2n) is 8.86. The van der Waals surface area contributed by atoms with Gasteiger partial charge in [0.2, 0.25) is 5.91 Å². The Hall–Kier alpha value is -2.11. The topological polar surface area (TPSA) is 73.0 Å². The summed E-state index contributed by atoms with van der Waals surface area (Å²) in [6.07, 6.45) is 11.0. The summed E-state index contributed by atoms with van der Waals surface area (Å²) in [5.41, 5.74) is 3.00. The zero-order chi connectivity index (χ0) is 17.9. The van der Waals surface area contributed by atoms with Crippen molar-refractivity contribution < 1.29 is 9.32 Å². The summed E-state index contributed by atoms with van der Waals surface area (Å²) >= 11 is 0. The predicted octanol–water partition coefficient (Wildman–Crippen LogP) is 3.69. The van der Waals surface area contributed by atoms with E-state index in [0.717, 1.165) is 40.5 Å². The zero-order valence-corrected chi connectivity index (χ0v) is 15.5. The number of carbonyl (C=O) groups excluding carboxylic acids is 1. The molecule has 6 rings (SSSR count). The van der Waals surface area contributed by atoms with Crippen LogP contribution in [0.3, 0.4) is 0 Å². The molecular weight excluding hydrogens is 328 g/mol. The first-order chi connectivity index (χ1) is 12.5. The third kappa shape index (κ3) is 2.58. The first-order valence-electron chi connectivity index (χ1n) is 9.75. The van der Waals surface area contributed by atoms with Gasteiger partial charge in [0, 0.05) is 18.2 Å². The summed E-state index contributed by atoms with van der Waals surface area (Å²) in [7, 11) is 0. The summed E-state index contributed by atoms with van der Waals surface area (Å²) in [4.78, 5) is 12.7. The number of hydrogen-bond acceptors (Lipinski definition) is 4. The van der Waals surface area contributed by atoms with Crippen molar-refractivity contribution in [3.8, 4) is 0 Å². The fraction of sp³-hybridized carbons (Fsp3) is 0.650. The Morgan fingerprint density at radius 2 is 2.08 bits per heavy atom. The molecule has 0 aromatic carbocycles. The van der Waals surface area contributed by atoms with E-state index in [-0.39, 0.29) is 5.91 Å². The Labute approximate surface area is 153 Å². The van der Waals surface area contributed by atoms with E-state index in [1.807, 2.05) is 24.7 Å². The van der Waals surface area contributed by atoms with Gasteiger partial charge in [-0.25, -0.2) is 0 Å². The van der Waals surface area contributed by atoms with Gasteiger partial charge >= 0.3 is 0 Å². The Balaban J connectivity index is 1.23. The van der Waals surface area contributed by atoms with Crippen molar-refractivity contribution in [1.82, 2.24) is 14.9 Å². The van der Waals surface area contributed by atoms with Crippen molar-refractivity contribution >= 4 is 11.6 Å². The number of nitrogens with zero attached hydrogens (tertiary/aromatic N) is 3.